The first-order valence-electron chi connectivity index (χ1n) is 5.35. The van der Waals surface area contributed by atoms with Crippen LogP contribution in [0.5, 0.6) is 0 Å². The second-order valence-electron chi connectivity index (χ2n) is 3.96. The van der Waals surface area contributed by atoms with Gasteiger partial charge in [0.1, 0.15) is 17.2 Å². The van der Waals surface area contributed by atoms with E-state index in [1.54, 1.807) is 24.3 Å². The van der Waals surface area contributed by atoms with Crippen LogP contribution in [0.15, 0.2) is 36.4 Å². The number of aromatic nitrogens is 2. The van der Waals surface area contributed by atoms with Crippen molar-refractivity contribution >= 4 is 16.7 Å². The molecule has 2 aromatic carbocycles. The first kappa shape index (κ1) is 10.7. The van der Waals surface area contributed by atoms with Crippen molar-refractivity contribution in [1.82, 2.24) is 9.97 Å². The van der Waals surface area contributed by atoms with E-state index in [9.17, 15) is 8.78 Å². The van der Waals surface area contributed by atoms with Crippen molar-refractivity contribution in [1.29, 1.82) is 0 Å². The zero-order chi connectivity index (χ0) is 12.7. The number of hydrogen-bond donors (Lipinski definition) is 2. The number of hydrogen-bond acceptors (Lipinski definition) is 2. The molecule has 3 rings (SSSR count). The maximum atomic E-state index is 13.5. The first-order chi connectivity index (χ1) is 8.65. The number of aromatic amines is 1. The van der Waals surface area contributed by atoms with E-state index in [2.05, 4.69) is 9.97 Å². The third-order valence-electron chi connectivity index (χ3n) is 2.72. The van der Waals surface area contributed by atoms with Crippen LogP contribution >= 0.6 is 0 Å². The van der Waals surface area contributed by atoms with Gasteiger partial charge in [-0.1, -0.05) is 12.1 Å². The van der Waals surface area contributed by atoms with Crippen LogP contribution in [0.3, 0.4) is 0 Å². The van der Waals surface area contributed by atoms with Gasteiger partial charge in [0.25, 0.3) is 0 Å². The third-order valence-corrected chi connectivity index (χ3v) is 2.72. The maximum Gasteiger partial charge on any atom is 0.153 e. The predicted octanol–water partition coefficient (Wildman–Crippen LogP) is 3.09. The summed E-state index contributed by atoms with van der Waals surface area (Å²) in [6.07, 6.45) is 0. The standard InChI is InChI=1S/C13H9F2N3/c14-7-5-9(15)12-11(6-7)17-13(18-12)8-3-1-2-4-10(8)16/h1-6H,16H2,(H,17,18). The summed E-state index contributed by atoms with van der Waals surface area (Å²) >= 11 is 0. The minimum Gasteiger partial charge on any atom is -0.398 e. The molecule has 90 valence electrons. The summed E-state index contributed by atoms with van der Waals surface area (Å²) in [6.45, 7) is 0. The van der Waals surface area contributed by atoms with E-state index in [1.165, 1.54) is 6.07 Å². The molecule has 1 aromatic heterocycles. The van der Waals surface area contributed by atoms with E-state index < -0.39 is 11.6 Å². The van der Waals surface area contributed by atoms with Crippen molar-refractivity contribution in [2.45, 2.75) is 0 Å². The van der Waals surface area contributed by atoms with Gasteiger partial charge in [-0.2, -0.15) is 0 Å². The summed E-state index contributed by atoms with van der Waals surface area (Å²) in [7, 11) is 0. The van der Waals surface area contributed by atoms with Crippen LogP contribution in [0.1, 0.15) is 0 Å². The molecule has 1 heterocycles. The van der Waals surface area contributed by atoms with E-state index in [0.29, 0.717) is 22.6 Å². The van der Waals surface area contributed by atoms with Gasteiger partial charge in [-0.15, -0.1) is 0 Å². The first-order valence-corrected chi connectivity index (χ1v) is 5.35. The Balaban J connectivity index is 2.26. The van der Waals surface area contributed by atoms with Gasteiger partial charge in [0.05, 0.1) is 5.52 Å². The lowest BCUT2D eigenvalue weighted by molar-refractivity contribution is 0.591. The fourth-order valence-corrected chi connectivity index (χ4v) is 1.88. The summed E-state index contributed by atoms with van der Waals surface area (Å²) in [6, 6.07) is 9.09. The zero-order valence-electron chi connectivity index (χ0n) is 9.24. The van der Waals surface area contributed by atoms with E-state index in [1.807, 2.05) is 0 Å². The van der Waals surface area contributed by atoms with E-state index in [4.69, 9.17) is 5.73 Å². The van der Waals surface area contributed by atoms with Gasteiger partial charge in [-0.25, -0.2) is 13.8 Å². The molecule has 0 atom stereocenters. The van der Waals surface area contributed by atoms with Gasteiger partial charge in [0.2, 0.25) is 0 Å². The largest absolute Gasteiger partial charge is 0.398 e. The molecule has 3 N–H and O–H groups in total. The summed E-state index contributed by atoms with van der Waals surface area (Å²) < 4.78 is 26.6. The van der Waals surface area contributed by atoms with Gasteiger partial charge >= 0.3 is 0 Å². The molecule has 5 heteroatoms. The summed E-state index contributed by atoms with van der Waals surface area (Å²) in [4.78, 5) is 6.97. The smallest absolute Gasteiger partial charge is 0.153 e. The van der Waals surface area contributed by atoms with Crippen LogP contribution < -0.4 is 5.73 Å². The molecule has 0 spiro atoms. The summed E-state index contributed by atoms with van der Waals surface area (Å²) in [5, 5.41) is 0. The highest BCUT2D eigenvalue weighted by Crippen LogP contribution is 2.26. The number of rotatable bonds is 1. The number of para-hydroxylation sites is 1. The highest BCUT2D eigenvalue weighted by molar-refractivity contribution is 5.82. The normalized spacial score (nSPS) is 11.0. The maximum absolute atomic E-state index is 13.5. The average Bonchev–Trinajstić information content (AvgIpc) is 2.73. The molecule has 0 aliphatic carbocycles. The molecule has 18 heavy (non-hydrogen) atoms. The Morgan fingerprint density at radius 3 is 2.67 bits per heavy atom. The molecule has 0 bridgehead atoms. The number of nitrogen functional groups attached to an aromatic ring is 1. The topological polar surface area (TPSA) is 54.7 Å². The summed E-state index contributed by atoms with van der Waals surface area (Å²) in [5.41, 5.74) is 7.42. The Morgan fingerprint density at radius 1 is 1.11 bits per heavy atom. The quantitative estimate of drug-likeness (QED) is 0.647. The molecular weight excluding hydrogens is 236 g/mol. The molecular formula is C13H9F2N3. The molecule has 3 aromatic rings. The predicted molar refractivity (Wildman–Crippen MR) is 65.9 cm³/mol. The van der Waals surface area contributed by atoms with Crippen molar-refractivity contribution in [2.75, 3.05) is 5.73 Å². The van der Waals surface area contributed by atoms with Crippen LogP contribution in [0.4, 0.5) is 14.5 Å². The fraction of sp³-hybridized carbons (Fsp3) is 0. The van der Waals surface area contributed by atoms with Gasteiger partial charge in [0.15, 0.2) is 5.82 Å². The molecule has 0 saturated heterocycles. The summed E-state index contributed by atoms with van der Waals surface area (Å²) in [5.74, 6) is -0.911. The molecule has 0 amide bonds. The van der Waals surface area contributed by atoms with Crippen molar-refractivity contribution in [3.8, 4) is 11.4 Å². The molecule has 0 radical (unpaired) electrons. The number of nitrogens with zero attached hydrogens (tertiary/aromatic N) is 1. The van der Waals surface area contributed by atoms with E-state index in [-0.39, 0.29) is 5.52 Å². The van der Waals surface area contributed by atoms with Gasteiger partial charge in [-0.3, -0.25) is 0 Å². The van der Waals surface area contributed by atoms with Crippen LogP contribution in [-0.2, 0) is 0 Å². The van der Waals surface area contributed by atoms with Gasteiger partial charge < -0.3 is 10.7 Å². The van der Waals surface area contributed by atoms with Crippen LogP contribution in [-0.4, -0.2) is 9.97 Å². The number of benzene rings is 2. The molecule has 0 aliphatic rings. The molecule has 0 fully saturated rings. The Bertz CT molecular complexity index is 734. The average molecular weight is 245 g/mol. The van der Waals surface area contributed by atoms with Gasteiger partial charge in [-0.05, 0) is 18.2 Å². The Morgan fingerprint density at radius 2 is 1.89 bits per heavy atom. The highest BCUT2D eigenvalue weighted by Gasteiger charge is 2.12. The minimum absolute atomic E-state index is 0.106. The van der Waals surface area contributed by atoms with Crippen molar-refractivity contribution in [3.63, 3.8) is 0 Å². The van der Waals surface area contributed by atoms with Crippen molar-refractivity contribution in [2.24, 2.45) is 0 Å². The number of halogens is 2. The number of fused-ring (bicyclic) bond motifs is 1. The second kappa shape index (κ2) is 3.80. The zero-order valence-corrected chi connectivity index (χ0v) is 9.24. The molecule has 0 unspecified atom stereocenters. The highest BCUT2D eigenvalue weighted by atomic mass is 19.1. The Hall–Kier alpha value is -2.43. The molecule has 0 aliphatic heterocycles. The lowest BCUT2D eigenvalue weighted by Crippen LogP contribution is -1.90. The van der Waals surface area contributed by atoms with Crippen LogP contribution in [0.25, 0.3) is 22.4 Å². The SMILES string of the molecule is Nc1ccccc1-c1nc2c(F)cc(F)cc2[nH]1. The second-order valence-corrected chi connectivity index (χ2v) is 3.96. The van der Waals surface area contributed by atoms with Crippen LogP contribution in [0.2, 0.25) is 0 Å². The van der Waals surface area contributed by atoms with E-state index in [0.717, 1.165) is 6.07 Å². The lowest BCUT2D eigenvalue weighted by Gasteiger charge is -2.00. The number of anilines is 1. The number of nitrogens with one attached hydrogen (secondary N) is 1. The van der Waals surface area contributed by atoms with E-state index >= 15 is 0 Å². The van der Waals surface area contributed by atoms with Crippen molar-refractivity contribution < 1.29 is 8.78 Å². The Kier molecular flexibility index (Phi) is 2.26. The molecule has 0 saturated carbocycles. The van der Waals surface area contributed by atoms with Crippen molar-refractivity contribution in [3.05, 3.63) is 48.0 Å². The monoisotopic (exact) mass is 245 g/mol. The minimum atomic E-state index is -0.693. The lowest BCUT2D eigenvalue weighted by atomic mass is 10.2. The number of imidazole rings is 1. The van der Waals surface area contributed by atoms with Crippen LogP contribution in [0, 0.1) is 11.6 Å². The Labute approximate surface area is 101 Å². The number of H-pyrrole nitrogens is 1. The fourth-order valence-electron chi connectivity index (χ4n) is 1.88. The molecule has 3 nitrogen and oxygen atoms in total. The van der Waals surface area contributed by atoms with Gasteiger partial charge in [0, 0.05) is 17.3 Å². The number of nitrogens with two attached hydrogens (primary N) is 1. The third kappa shape index (κ3) is 1.60.